The summed E-state index contributed by atoms with van der Waals surface area (Å²) in [5.74, 6) is -0.287. The summed E-state index contributed by atoms with van der Waals surface area (Å²) in [6.07, 6.45) is 6.31. The molecule has 30 heavy (non-hydrogen) atoms. The van der Waals surface area contributed by atoms with Gasteiger partial charge < -0.3 is 10.6 Å². The van der Waals surface area contributed by atoms with Crippen LogP contribution in [-0.4, -0.2) is 21.4 Å². The molecule has 0 unspecified atom stereocenters. The number of amides is 2. The Morgan fingerprint density at radius 3 is 2.63 bits per heavy atom. The topological polar surface area (TPSA) is 93.1 Å². The third-order valence-corrected chi connectivity index (χ3v) is 6.47. The molecule has 0 spiro atoms. The molecule has 2 N–H and O–H groups in total. The molecule has 0 saturated heterocycles. The maximum Gasteiger partial charge on any atom is 0.262 e. The molecule has 156 valence electrons. The lowest BCUT2D eigenvalue weighted by Gasteiger charge is -2.11. The van der Waals surface area contributed by atoms with Gasteiger partial charge in [-0.15, -0.1) is 11.3 Å². The van der Waals surface area contributed by atoms with E-state index in [1.807, 2.05) is 0 Å². The summed E-state index contributed by atoms with van der Waals surface area (Å²) in [6.45, 7) is 2.05. The van der Waals surface area contributed by atoms with E-state index >= 15 is 0 Å². The molecular weight excluding hydrogens is 400 g/mol. The molecule has 0 atom stereocenters. The fraction of sp³-hybridized carbons (Fsp3) is 0.364. The molecule has 0 bridgehead atoms. The smallest absolute Gasteiger partial charge is 0.262 e. The number of rotatable bonds is 6. The normalized spacial score (nSPS) is 13.1. The van der Waals surface area contributed by atoms with Crippen molar-refractivity contribution in [2.24, 2.45) is 0 Å². The SMILES string of the molecule is CCC(=O)Nc1cccc(NC(=O)CCn2cnc3sc4c(c3c2=O)CCCC4)c1. The molecule has 3 aromatic rings. The maximum atomic E-state index is 13.0. The van der Waals surface area contributed by atoms with Gasteiger partial charge in [0.1, 0.15) is 4.83 Å². The van der Waals surface area contributed by atoms with Gasteiger partial charge in [-0.25, -0.2) is 4.98 Å². The fourth-order valence-corrected chi connectivity index (χ4v) is 4.93. The van der Waals surface area contributed by atoms with Crippen LogP contribution in [0.4, 0.5) is 11.4 Å². The average molecular weight is 425 g/mol. The lowest BCUT2D eigenvalue weighted by atomic mass is 9.97. The highest BCUT2D eigenvalue weighted by molar-refractivity contribution is 7.18. The first kappa shape index (κ1) is 20.3. The summed E-state index contributed by atoms with van der Waals surface area (Å²) in [5.41, 5.74) is 2.33. The van der Waals surface area contributed by atoms with E-state index in [-0.39, 0.29) is 30.3 Å². The van der Waals surface area contributed by atoms with E-state index in [9.17, 15) is 14.4 Å². The number of nitrogens with one attached hydrogen (secondary N) is 2. The van der Waals surface area contributed by atoms with E-state index in [2.05, 4.69) is 15.6 Å². The molecule has 2 aromatic heterocycles. The molecule has 0 saturated carbocycles. The summed E-state index contributed by atoms with van der Waals surface area (Å²) in [6, 6.07) is 7.01. The van der Waals surface area contributed by atoms with Gasteiger partial charge >= 0.3 is 0 Å². The molecule has 2 amide bonds. The number of fused-ring (bicyclic) bond motifs is 3. The van der Waals surface area contributed by atoms with Crippen LogP contribution in [0.3, 0.4) is 0 Å². The van der Waals surface area contributed by atoms with Crippen molar-refractivity contribution in [1.82, 2.24) is 9.55 Å². The van der Waals surface area contributed by atoms with E-state index in [1.54, 1.807) is 48.9 Å². The number of hydrogen-bond donors (Lipinski definition) is 2. The van der Waals surface area contributed by atoms with E-state index in [1.165, 1.54) is 9.44 Å². The number of carbonyl (C=O) groups excluding carboxylic acids is 2. The highest BCUT2D eigenvalue weighted by Gasteiger charge is 2.20. The highest BCUT2D eigenvalue weighted by atomic mass is 32.1. The number of carbonyl (C=O) groups is 2. The Bertz CT molecular complexity index is 1160. The van der Waals surface area contributed by atoms with E-state index < -0.39 is 0 Å². The van der Waals surface area contributed by atoms with Gasteiger partial charge in [-0.3, -0.25) is 19.0 Å². The second-order valence-electron chi connectivity index (χ2n) is 7.41. The minimum atomic E-state index is -0.201. The quantitative estimate of drug-likeness (QED) is 0.631. The zero-order valence-corrected chi connectivity index (χ0v) is 17.7. The van der Waals surface area contributed by atoms with E-state index in [0.717, 1.165) is 41.5 Å². The Morgan fingerprint density at radius 1 is 1.13 bits per heavy atom. The van der Waals surface area contributed by atoms with Gasteiger partial charge in [0.05, 0.1) is 11.7 Å². The molecule has 0 radical (unpaired) electrons. The third-order valence-electron chi connectivity index (χ3n) is 5.27. The Balaban J connectivity index is 1.44. The van der Waals surface area contributed by atoms with Gasteiger partial charge in [0.2, 0.25) is 11.8 Å². The van der Waals surface area contributed by atoms with Crippen molar-refractivity contribution in [2.45, 2.75) is 52.0 Å². The Morgan fingerprint density at radius 2 is 1.87 bits per heavy atom. The number of anilines is 2. The van der Waals surface area contributed by atoms with Gasteiger partial charge in [0.15, 0.2) is 0 Å². The highest BCUT2D eigenvalue weighted by Crippen LogP contribution is 2.33. The number of hydrogen-bond acceptors (Lipinski definition) is 5. The molecule has 2 heterocycles. The summed E-state index contributed by atoms with van der Waals surface area (Å²) in [4.78, 5) is 43.5. The number of aryl methyl sites for hydroxylation is 3. The van der Waals surface area contributed by atoms with Crippen LogP contribution in [0, 0.1) is 0 Å². The van der Waals surface area contributed by atoms with Crippen molar-refractivity contribution in [3.05, 3.63) is 51.4 Å². The second kappa shape index (κ2) is 8.79. The van der Waals surface area contributed by atoms with Crippen LogP contribution in [0.15, 0.2) is 35.4 Å². The molecule has 0 fully saturated rings. The van der Waals surface area contributed by atoms with Gasteiger partial charge in [0.25, 0.3) is 5.56 Å². The summed E-state index contributed by atoms with van der Waals surface area (Å²) in [7, 11) is 0. The first-order valence-corrected chi connectivity index (χ1v) is 11.1. The van der Waals surface area contributed by atoms with Crippen molar-refractivity contribution in [2.75, 3.05) is 10.6 Å². The van der Waals surface area contributed by atoms with Crippen LogP contribution >= 0.6 is 11.3 Å². The van der Waals surface area contributed by atoms with Gasteiger partial charge in [-0.2, -0.15) is 0 Å². The summed E-state index contributed by atoms with van der Waals surface area (Å²) in [5, 5.41) is 6.32. The summed E-state index contributed by atoms with van der Waals surface area (Å²) < 4.78 is 1.53. The Labute approximate surface area is 178 Å². The maximum absolute atomic E-state index is 13.0. The van der Waals surface area contributed by atoms with E-state index in [0.29, 0.717) is 17.8 Å². The zero-order chi connectivity index (χ0) is 21.1. The molecule has 1 aliphatic carbocycles. The molecule has 0 aliphatic heterocycles. The minimum absolute atomic E-state index is 0.0588. The largest absolute Gasteiger partial charge is 0.326 e. The molecular formula is C22H24N4O3S. The number of aromatic nitrogens is 2. The molecule has 1 aliphatic rings. The standard InChI is InChI=1S/C22H24N4O3S/c1-2-18(27)24-14-6-5-7-15(12-14)25-19(28)10-11-26-13-23-21-20(22(26)29)16-8-3-4-9-17(16)30-21/h5-7,12-13H,2-4,8-11H2,1H3,(H,24,27)(H,25,28). The average Bonchev–Trinajstić information content (AvgIpc) is 3.13. The summed E-state index contributed by atoms with van der Waals surface area (Å²) >= 11 is 1.62. The number of thiophene rings is 1. The lowest BCUT2D eigenvalue weighted by Crippen LogP contribution is -2.24. The predicted molar refractivity (Wildman–Crippen MR) is 119 cm³/mol. The predicted octanol–water partition coefficient (Wildman–Crippen LogP) is 3.71. The van der Waals surface area contributed by atoms with Crippen LogP contribution in [0.1, 0.15) is 43.0 Å². The molecule has 7 nitrogen and oxygen atoms in total. The van der Waals surface area contributed by atoms with Crippen molar-refractivity contribution >= 4 is 44.7 Å². The molecule has 1 aromatic carbocycles. The van der Waals surface area contributed by atoms with Crippen molar-refractivity contribution < 1.29 is 9.59 Å². The second-order valence-corrected chi connectivity index (χ2v) is 8.50. The minimum Gasteiger partial charge on any atom is -0.326 e. The monoisotopic (exact) mass is 424 g/mol. The zero-order valence-electron chi connectivity index (χ0n) is 16.9. The van der Waals surface area contributed by atoms with Crippen molar-refractivity contribution in [1.29, 1.82) is 0 Å². The number of benzene rings is 1. The Kier molecular flexibility index (Phi) is 5.94. The first-order valence-electron chi connectivity index (χ1n) is 10.2. The van der Waals surface area contributed by atoms with Crippen LogP contribution in [0.2, 0.25) is 0 Å². The van der Waals surface area contributed by atoms with Crippen molar-refractivity contribution in [3.8, 4) is 0 Å². The van der Waals surface area contributed by atoms with Crippen LogP contribution < -0.4 is 16.2 Å². The Hall–Kier alpha value is -3.00. The lowest BCUT2D eigenvalue weighted by molar-refractivity contribution is -0.117. The van der Waals surface area contributed by atoms with E-state index in [4.69, 9.17) is 0 Å². The molecule has 8 heteroatoms. The van der Waals surface area contributed by atoms with Crippen LogP contribution in [0.5, 0.6) is 0 Å². The number of nitrogens with zero attached hydrogens (tertiary/aromatic N) is 2. The van der Waals surface area contributed by atoms with Gasteiger partial charge in [-0.05, 0) is 49.4 Å². The molecule has 4 rings (SSSR count). The van der Waals surface area contributed by atoms with Gasteiger partial charge in [0, 0.05) is 35.6 Å². The fourth-order valence-electron chi connectivity index (χ4n) is 3.71. The third kappa shape index (κ3) is 4.28. The van der Waals surface area contributed by atoms with Gasteiger partial charge in [-0.1, -0.05) is 13.0 Å². The van der Waals surface area contributed by atoms with Crippen molar-refractivity contribution in [3.63, 3.8) is 0 Å². The van der Waals surface area contributed by atoms with Crippen LogP contribution in [-0.2, 0) is 29.0 Å². The first-order chi connectivity index (χ1) is 14.5. The van der Waals surface area contributed by atoms with Crippen LogP contribution in [0.25, 0.3) is 10.2 Å².